The number of nitrogens with one attached hydrogen (secondary N) is 2. The van der Waals surface area contributed by atoms with E-state index in [1.165, 1.54) is 25.2 Å². The lowest BCUT2D eigenvalue weighted by molar-refractivity contribution is -0.109. The fourth-order valence-electron chi connectivity index (χ4n) is 4.59. The number of rotatable bonds is 8. The van der Waals surface area contributed by atoms with Crippen LogP contribution in [0.4, 0.5) is 8.78 Å². The summed E-state index contributed by atoms with van der Waals surface area (Å²) in [5.74, 6) is -2.45. The molecule has 1 atom stereocenters. The van der Waals surface area contributed by atoms with Crippen LogP contribution in [0.5, 0.6) is 0 Å². The highest BCUT2D eigenvalue weighted by atomic mass is 19.2. The third-order valence-corrected chi connectivity index (χ3v) is 6.61. The second-order valence-corrected chi connectivity index (χ2v) is 10.7. The molecule has 1 aromatic heterocycles. The van der Waals surface area contributed by atoms with Crippen molar-refractivity contribution in [2.75, 3.05) is 33.7 Å². The van der Waals surface area contributed by atoms with Gasteiger partial charge in [0.05, 0.1) is 18.6 Å². The van der Waals surface area contributed by atoms with Gasteiger partial charge in [0.15, 0.2) is 11.6 Å². The molecule has 0 spiro atoms. The number of amides is 1. The summed E-state index contributed by atoms with van der Waals surface area (Å²) in [5, 5.41) is 5.04. The number of halogens is 2. The van der Waals surface area contributed by atoms with Crippen LogP contribution in [0.2, 0.25) is 0 Å². The largest absolute Gasteiger partial charge is 0.345 e. The van der Waals surface area contributed by atoms with Crippen LogP contribution in [0.3, 0.4) is 0 Å². The van der Waals surface area contributed by atoms with Crippen LogP contribution in [-0.4, -0.2) is 67.7 Å². The average Bonchev–Trinajstić information content (AvgIpc) is 2.93. The number of aldehydes is 2. The summed E-state index contributed by atoms with van der Waals surface area (Å²) in [6.45, 7) is 9.25. The number of carbonyl (C=O) groups excluding carboxylic acids is 3. The van der Waals surface area contributed by atoms with Gasteiger partial charge in [0.2, 0.25) is 0 Å². The number of pyridine rings is 1. The molecule has 1 fully saturated rings. The highest BCUT2D eigenvalue weighted by Gasteiger charge is 2.26. The molecular weight excluding hydrogens is 556 g/mol. The van der Waals surface area contributed by atoms with Gasteiger partial charge in [0, 0.05) is 24.8 Å². The van der Waals surface area contributed by atoms with E-state index in [2.05, 4.69) is 15.5 Å². The predicted octanol–water partition coefficient (Wildman–Crippen LogP) is 3.33. The molecule has 9 nitrogen and oxygen atoms in total. The fourth-order valence-corrected chi connectivity index (χ4v) is 4.59. The van der Waals surface area contributed by atoms with E-state index >= 15 is 0 Å². The number of likely N-dealkylation sites (N-methyl/N-ethyl adjacent to an activating group) is 2. The topological polar surface area (TPSA) is 127 Å². The van der Waals surface area contributed by atoms with Crippen molar-refractivity contribution >= 4 is 18.5 Å². The Hall–Kier alpha value is -4.06. The third kappa shape index (κ3) is 9.47. The van der Waals surface area contributed by atoms with Crippen molar-refractivity contribution in [2.24, 2.45) is 5.73 Å². The number of nitrogens with zero attached hydrogens (tertiary/aromatic N) is 2. The lowest BCUT2D eigenvalue weighted by Gasteiger charge is -2.37. The first-order valence-electron chi connectivity index (χ1n) is 13.9. The van der Waals surface area contributed by atoms with Crippen LogP contribution in [0, 0.1) is 25.5 Å². The van der Waals surface area contributed by atoms with Gasteiger partial charge in [0.25, 0.3) is 11.5 Å². The molecule has 1 unspecified atom stereocenters. The van der Waals surface area contributed by atoms with Gasteiger partial charge in [0.1, 0.15) is 18.1 Å². The Balaban J connectivity index is 0.000000269. The summed E-state index contributed by atoms with van der Waals surface area (Å²) in [6, 6.07) is 11.2. The highest BCUT2D eigenvalue weighted by Crippen LogP contribution is 2.31. The smallest absolute Gasteiger partial charge is 0.263 e. The zero-order valence-corrected chi connectivity index (χ0v) is 25.5. The van der Waals surface area contributed by atoms with Crippen molar-refractivity contribution in [3.63, 3.8) is 0 Å². The minimum absolute atomic E-state index is 0.0187. The summed E-state index contributed by atoms with van der Waals surface area (Å²) in [4.78, 5) is 47.1. The van der Waals surface area contributed by atoms with Crippen molar-refractivity contribution in [1.29, 1.82) is 0 Å². The maximum Gasteiger partial charge on any atom is 0.263 e. The Morgan fingerprint density at radius 3 is 2.21 bits per heavy atom. The SMILES string of the molecule is CC(C)N.CN1CC(n2cccc(C(=O)NCC=O)c2=O)C1.CNC(C=O)c1cc(-c2c(C)cccc2C)cc(F)c1F. The molecule has 11 heteroatoms. The summed E-state index contributed by atoms with van der Waals surface area (Å²) >= 11 is 0. The Morgan fingerprint density at radius 2 is 1.70 bits per heavy atom. The van der Waals surface area contributed by atoms with E-state index in [4.69, 9.17) is 5.73 Å². The fraction of sp³-hybridized carbons (Fsp3) is 0.375. The highest BCUT2D eigenvalue weighted by molar-refractivity contribution is 5.94. The normalized spacial score (nSPS) is 13.5. The lowest BCUT2D eigenvalue weighted by atomic mass is 9.93. The second-order valence-electron chi connectivity index (χ2n) is 10.7. The number of likely N-dealkylation sites (tertiary alicyclic amines) is 1. The van der Waals surface area contributed by atoms with Gasteiger partial charge in [-0.15, -0.1) is 0 Å². The van der Waals surface area contributed by atoms with E-state index < -0.39 is 23.6 Å². The van der Waals surface area contributed by atoms with E-state index in [9.17, 15) is 28.0 Å². The Kier molecular flexibility index (Phi) is 13.5. The van der Waals surface area contributed by atoms with E-state index in [1.807, 2.05) is 52.9 Å². The van der Waals surface area contributed by atoms with E-state index in [0.717, 1.165) is 29.8 Å². The van der Waals surface area contributed by atoms with Crippen LogP contribution in [-0.2, 0) is 9.59 Å². The van der Waals surface area contributed by atoms with Gasteiger partial charge < -0.3 is 35.4 Å². The number of carbonyl (C=O) groups is 3. The van der Waals surface area contributed by atoms with Gasteiger partial charge in [-0.1, -0.05) is 32.0 Å². The van der Waals surface area contributed by atoms with Crippen LogP contribution in [0.1, 0.15) is 53.0 Å². The number of nitrogens with two attached hydrogens (primary N) is 1. The molecular formula is C32H41F2N5O4. The van der Waals surface area contributed by atoms with Gasteiger partial charge >= 0.3 is 0 Å². The van der Waals surface area contributed by atoms with E-state index in [-0.39, 0.29) is 29.3 Å². The molecule has 1 saturated heterocycles. The number of benzene rings is 2. The molecule has 0 bridgehead atoms. The maximum atomic E-state index is 13.9. The second kappa shape index (κ2) is 16.5. The molecule has 3 aromatic rings. The molecule has 1 amide bonds. The molecule has 2 aromatic carbocycles. The molecule has 232 valence electrons. The molecule has 0 saturated carbocycles. The molecule has 1 aliphatic heterocycles. The number of aromatic nitrogens is 1. The van der Waals surface area contributed by atoms with Crippen molar-refractivity contribution in [3.05, 3.63) is 92.9 Å². The molecule has 4 N–H and O–H groups in total. The first-order chi connectivity index (χ1) is 20.4. The molecule has 2 heterocycles. The van der Waals surface area contributed by atoms with Crippen molar-refractivity contribution in [1.82, 2.24) is 20.1 Å². The summed E-state index contributed by atoms with van der Waals surface area (Å²) in [5.41, 5.74) is 8.27. The molecule has 4 rings (SSSR count). The molecule has 0 radical (unpaired) electrons. The monoisotopic (exact) mass is 597 g/mol. The zero-order chi connectivity index (χ0) is 32.3. The Bertz CT molecular complexity index is 1450. The molecule has 1 aliphatic rings. The quantitative estimate of drug-likeness (QED) is 0.340. The maximum absolute atomic E-state index is 13.9. The molecule has 0 aliphatic carbocycles. The predicted molar refractivity (Wildman–Crippen MR) is 164 cm³/mol. The third-order valence-electron chi connectivity index (χ3n) is 6.61. The zero-order valence-electron chi connectivity index (χ0n) is 25.5. The first kappa shape index (κ1) is 35.1. The van der Waals surface area contributed by atoms with Crippen molar-refractivity contribution < 1.29 is 23.2 Å². The molecule has 43 heavy (non-hydrogen) atoms. The van der Waals surface area contributed by atoms with Gasteiger partial charge in [-0.3, -0.25) is 9.59 Å². The Labute approximate surface area is 251 Å². The van der Waals surface area contributed by atoms with E-state index in [1.54, 1.807) is 16.8 Å². The summed E-state index contributed by atoms with van der Waals surface area (Å²) in [6.07, 6.45) is 2.84. The standard InChI is InChI=1S/C17H17F2NO.C12H15N3O3.C3H9N/c1-10-5-4-6-11(2)16(10)12-7-13(15(9-21)20-3)17(19)14(18)8-12;1-14-7-9(8-14)15-5-2-3-10(12(15)18)11(17)13-4-6-16;1-3(2)4/h4-9,15,20H,1-3H3;2-3,5-6,9H,4,7-8H2,1H3,(H,13,17);3H,4H2,1-2H3. The minimum Gasteiger partial charge on any atom is -0.345 e. The summed E-state index contributed by atoms with van der Waals surface area (Å²) < 4.78 is 29.4. The van der Waals surface area contributed by atoms with Crippen LogP contribution in [0.15, 0.2) is 53.5 Å². The minimum atomic E-state index is -0.989. The summed E-state index contributed by atoms with van der Waals surface area (Å²) in [7, 11) is 3.50. The average molecular weight is 598 g/mol. The van der Waals surface area contributed by atoms with Crippen molar-refractivity contribution in [2.45, 2.75) is 45.8 Å². The van der Waals surface area contributed by atoms with Crippen LogP contribution in [0.25, 0.3) is 11.1 Å². The lowest BCUT2D eigenvalue weighted by Crippen LogP contribution is -2.48. The van der Waals surface area contributed by atoms with Crippen LogP contribution >= 0.6 is 0 Å². The van der Waals surface area contributed by atoms with E-state index in [0.29, 0.717) is 24.2 Å². The van der Waals surface area contributed by atoms with Crippen molar-refractivity contribution in [3.8, 4) is 11.1 Å². The van der Waals surface area contributed by atoms with Gasteiger partial charge in [-0.05, 0) is 80.5 Å². The van der Waals surface area contributed by atoms with Gasteiger partial charge in [-0.25, -0.2) is 8.78 Å². The first-order valence-corrected chi connectivity index (χ1v) is 13.9. The number of hydrogen-bond acceptors (Lipinski definition) is 7. The number of hydrogen-bond donors (Lipinski definition) is 3. The Morgan fingerprint density at radius 1 is 1.09 bits per heavy atom. The number of aryl methyl sites for hydroxylation is 2. The van der Waals surface area contributed by atoms with Crippen LogP contribution < -0.4 is 21.9 Å². The van der Waals surface area contributed by atoms with Gasteiger partial charge in [-0.2, -0.15) is 0 Å².